The molecule has 1 N–H and O–H groups in total. The molecule has 2 aromatic rings. The second-order valence-corrected chi connectivity index (χ2v) is 9.99. The van der Waals surface area contributed by atoms with Crippen LogP contribution in [0.5, 0.6) is 0 Å². The van der Waals surface area contributed by atoms with Crippen molar-refractivity contribution in [2.24, 2.45) is 5.92 Å². The fourth-order valence-electron chi connectivity index (χ4n) is 3.60. The monoisotopic (exact) mass is 458 g/mol. The predicted octanol–water partition coefficient (Wildman–Crippen LogP) is 3.45. The Labute approximate surface area is 190 Å². The van der Waals surface area contributed by atoms with E-state index in [1.807, 2.05) is 19.1 Å². The zero-order valence-electron chi connectivity index (χ0n) is 17.9. The average molecular weight is 459 g/mol. The molecule has 164 valence electrons. The molecule has 0 aromatic carbocycles. The molecule has 1 amide bonds. The molecule has 7 nitrogen and oxygen atoms in total. The Kier molecular flexibility index (Phi) is 6.45. The molecule has 1 atom stereocenters. The third-order valence-corrected chi connectivity index (χ3v) is 6.62. The second-order valence-electron chi connectivity index (χ2n) is 8.32. The first-order valence-corrected chi connectivity index (χ1v) is 11.7. The Bertz CT molecular complexity index is 1120. The van der Waals surface area contributed by atoms with Crippen molar-refractivity contribution in [3.05, 3.63) is 44.7 Å². The SMILES string of the molecule is Cc1ccc2nc(NCC(C)C)c(/C=C3\SC(=S)N(C[C@H]4CCCO4)C3=O)c(=O)n2c1. The molecule has 4 heterocycles. The summed E-state index contributed by atoms with van der Waals surface area (Å²) in [7, 11) is 0. The number of nitrogens with one attached hydrogen (secondary N) is 1. The van der Waals surface area contributed by atoms with Crippen LogP contribution in [0.4, 0.5) is 5.82 Å². The third-order valence-electron chi connectivity index (χ3n) is 5.24. The third kappa shape index (κ3) is 4.68. The van der Waals surface area contributed by atoms with E-state index in [0.717, 1.165) is 25.0 Å². The maximum Gasteiger partial charge on any atom is 0.267 e. The van der Waals surface area contributed by atoms with E-state index < -0.39 is 0 Å². The number of fused-ring (bicyclic) bond motifs is 1. The Morgan fingerprint density at radius 1 is 1.39 bits per heavy atom. The molecule has 0 radical (unpaired) electrons. The summed E-state index contributed by atoms with van der Waals surface area (Å²) in [6.45, 7) is 7.93. The van der Waals surface area contributed by atoms with E-state index in [0.29, 0.717) is 45.3 Å². The summed E-state index contributed by atoms with van der Waals surface area (Å²) in [6, 6.07) is 3.74. The van der Waals surface area contributed by atoms with Crippen molar-refractivity contribution in [3.8, 4) is 0 Å². The van der Waals surface area contributed by atoms with Gasteiger partial charge in [0.05, 0.1) is 23.1 Å². The largest absolute Gasteiger partial charge is 0.376 e. The van der Waals surface area contributed by atoms with E-state index in [-0.39, 0.29) is 17.6 Å². The van der Waals surface area contributed by atoms with E-state index in [2.05, 4.69) is 24.1 Å². The minimum absolute atomic E-state index is 0.0149. The molecule has 0 unspecified atom stereocenters. The van der Waals surface area contributed by atoms with Crippen LogP contribution in [0, 0.1) is 12.8 Å². The smallest absolute Gasteiger partial charge is 0.267 e. The number of nitrogens with zero attached hydrogens (tertiary/aromatic N) is 3. The van der Waals surface area contributed by atoms with Crippen molar-refractivity contribution in [1.29, 1.82) is 0 Å². The number of rotatable bonds is 6. The number of hydrogen-bond acceptors (Lipinski definition) is 7. The van der Waals surface area contributed by atoms with Gasteiger partial charge < -0.3 is 10.1 Å². The van der Waals surface area contributed by atoms with Gasteiger partial charge in [0, 0.05) is 19.3 Å². The number of aromatic nitrogens is 2. The average Bonchev–Trinajstić information content (AvgIpc) is 3.33. The zero-order chi connectivity index (χ0) is 22.1. The maximum atomic E-state index is 13.3. The van der Waals surface area contributed by atoms with Gasteiger partial charge in [0.1, 0.15) is 15.8 Å². The molecule has 2 aliphatic heterocycles. The maximum absolute atomic E-state index is 13.3. The molecule has 2 aromatic heterocycles. The summed E-state index contributed by atoms with van der Waals surface area (Å²) >= 11 is 6.67. The summed E-state index contributed by atoms with van der Waals surface area (Å²) in [6.07, 6.45) is 5.33. The van der Waals surface area contributed by atoms with E-state index in [4.69, 9.17) is 17.0 Å². The number of hydrogen-bond donors (Lipinski definition) is 1. The number of aryl methyl sites for hydroxylation is 1. The molecule has 0 saturated carbocycles. The van der Waals surface area contributed by atoms with Crippen LogP contribution < -0.4 is 10.9 Å². The fourth-order valence-corrected chi connectivity index (χ4v) is 4.86. The second kappa shape index (κ2) is 9.10. The van der Waals surface area contributed by atoms with Gasteiger partial charge in [-0.2, -0.15) is 0 Å². The molecule has 31 heavy (non-hydrogen) atoms. The van der Waals surface area contributed by atoms with E-state index >= 15 is 0 Å². The number of thiocarbonyl (C=S) groups is 1. The molecule has 2 aliphatic rings. The van der Waals surface area contributed by atoms with Crippen molar-refractivity contribution in [1.82, 2.24) is 14.3 Å². The van der Waals surface area contributed by atoms with Crippen molar-refractivity contribution < 1.29 is 9.53 Å². The zero-order valence-corrected chi connectivity index (χ0v) is 19.5. The van der Waals surface area contributed by atoms with E-state index in [9.17, 15) is 9.59 Å². The van der Waals surface area contributed by atoms with Crippen molar-refractivity contribution in [3.63, 3.8) is 0 Å². The lowest BCUT2D eigenvalue weighted by atomic mass is 10.2. The van der Waals surface area contributed by atoms with E-state index in [1.54, 1.807) is 17.2 Å². The first-order valence-electron chi connectivity index (χ1n) is 10.5. The Morgan fingerprint density at radius 3 is 2.90 bits per heavy atom. The van der Waals surface area contributed by atoms with Crippen LogP contribution in [-0.4, -0.2) is 50.3 Å². The van der Waals surface area contributed by atoms with Gasteiger partial charge in [0.15, 0.2) is 0 Å². The fraction of sp³-hybridized carbons (Fsp3) is 0.455. The van der Waals surface area contributed by atoms with Gasteiger partial charge in [-0.05, 0) is 43.4 Å². The van der Waals surface area contributed by atoms with Gasteiger partial charge >= 0.3 is 0 Å². The predicted molar refractivity (Wildman–Crippen MR) is 128 cm³/mol. The molecular formula is C22H26N4O3S2. The van der Waals surface area contributed by atoms with Gasteiger partial charge in [0.25, 0.3) is 11.5 Å². The topological polar surface area (TPSA) is 75.9 Å². The number of carbonyl (C=O) groups is 1. The number of thioether (sulfide) groups is 1. The van der Waals surface area contributed by atoms with Crippen LogP contribution in [0.15, 0.2) is 28.0 Å². The van der Waals surface area contributed by atoms with Crippen LogP contribution in [-0.2, 0) is 9.53 Å². The highest BCUT2D eigenvalue weighted by Crippen LogP contribution is 2.34. The molecule has 0 aliphatic carbocycles. The van der Waals surface area contributed by atoms with Crippen molar-refractivity contribution >= 4 is 51.7 Å². The van der Waals surface area contributed by atoms with Crippen LogP contribution in [0.1, 0.15) is 37.8 Å². The van der Waals surface area contributed by atoms with Crippen molar-refractivity contribution in [2.75, 3.05) is 25.0 Å². The summed E-state index contributed by atoms with van der Waals surface area (Å²) in [5.74, 6) is 0.664. The Balaban J connectivity index is 1.73. The number of ether oxygens (including phenoxy) is 1. The highest BCUT2D eigenvalue weighted by Gasteiger charge is 2.35. The summed E-state index contributed by atoms with van der Waals surface area (Å²) in [5.41, 5.74) is 1.66. The Morgan fingerprint density at radius 2 is 2.19 bits per heavy atom. The van der Waals surface area contributed by atoms with Gasteiger partial charge in [-0.3, -0.25) is 18.9 Å². The highest BCUT2D eigenvalue weighted by atomic mass is 32.2. The standard InChI is InChI=1S/C22H26N4O3S2/c1-13(2)10-23-19-16(20(27)25-11-14(3)6-7-18(25)24-19)9-17-21(28)26(22(30)31-17)12-15-5-4-8-29-15/h6-7,9,11,13,15,23H,4-5,8,10,12H2,1-3H3/b17-9-/t15-/m1/s1. The summed E-state index contributed by atoms with van der Waals surface area (Å²) < 4.78 is 7.68. The minimum atomic E-state index is -0.218. The van der Waals surface area contributed by atoms with Crippen LogP contribution in [0.25, 0.3) is 11.7 Å². The quantitative estimate of drug-likeness (QED) is 0.525. The highest BCUT2D eigenvalue weighted by molar-refractivity contribution is 8.26. The number of carbonyl (C=O) groups excluding carboxylic acids is 1. The van der Waals surface area contributed by atoms with Gasteiger partial charge in [-0.25, -0.2) is 4.98 Å². The first kappa shape index (κ1) is 22.0. The normalized spacial score (nSPS) is 20.6. The Hall–Kier alpha value is -2.23. The number of amides is 1. The number of pyridine rings is 1. The lowest BCUT2D eigenvalue weighted by Gasteiger charge is -2.18. The van der Waals surface area contributed by atoms with Crippen LogP contribution in [0.2, 0.25) is 0 Å². The number of anilines is 1. The lowest BCUT2D eigenvalue weighted by molar-refractivity contribution is -0.123. The molecule has 0 spiro atoms. The van der Waals surface area contributed by atoms with E-state index in [1.165, 1.54) is 16.2 Å². The summed E-state index contributed by atoms with van der Waals surface area (Å²) in [5, 5.41) is 3.27. The van der Waals surface area contributed by atoms with Crippen LogP contribution in [0.3, 0.4) is 0 Å². The van der Waals surface area contributed by atoms with Crippen LogP contribution >= 0.6 is 24.0 Å². The van der Waals surface area contributed by atoms with Gasteiger partial charge in [0.2, 0.25) is 0 Å². The molecule has 4 rings (SSSR count). The molecule has 9 heteroatoms. The summed E-state index contributed by atoms with van der Waals surface area (Å²) in [4.78, 5) is 33.1. The lowest BCUT2D eigenvalue weighted by Crippen LogP contribution is -2.35. The van der Waals surface area contributed by atoms with Gasteiger partial charge in [-0.1, -0.05) is 43.9 Å². The molecule has 0 bridgehead atoms. The minimum Gasteiger partial charge on any atom is -0.376 e. The molecule has 2 fully saturated rings. The first-order chi connectivity index (χ1) is 14.8. The molecular weight excluding hydrogens is 432 g/mol. The van der Waals surface area contributed by atoms with Crippen molar-refractivity contribution in [2.45, 2.75) is 39.7 Å². The van der Waals surface area contributed by atoms with Gasteiger partial charge in [-0.15, -0.1) is 0 Å². The molecule has 2 saturated heterocycles.